The second-order valence-electron chi connectivity index (χ2n) is 10.2. The highest BCUT2D eigenvalue weighted by atomic mass is 32.1. The third kappa shape index (κ3) is 5.12. The number of nitrogens with zero attached hydrogens (tertiary/aromatic N) is 1. The van der Waals surface area contributed by atoms with Crippen LogP contribution in [0.3, 0.4) is 0 Å². The number of hydrogen-bond acceptors (Lipinski definition) is 3. The summed E-state index contributed by atoms with van der Waals surface area (Å²) < 4.78 is 8.38. The van der Waals surface area contributed by atoms with E-state index in [1.54, 1.807) is 0 Å². The number of ether oxygens (including phenoxy) is 1. The van der Waals surface area contributed by atoms with Crippen molar-refractivity contribution >= 4 is 37.6 Å². The van der Waals surface area contributed by atoms with Crippen LogP contribution in [-0.2, 0) is 4.74 Å². The number of amides is 1. The molecule has 0 aliphatic carbocycles. The van der Waals surface area contributed by atoms with Crippen LogP contribution >= 0.6 is 11.3 Å². The smallest absolute Gasteiger partial charge is 0.410 e. The Kier molecular flexibility index (Phi) is 6.99. The molecule has 2 atom stereocenters. The van der Waals surface area contributed by atoms with Crippen molar-refractivity contribution in [1.29, 1.82) is 0 Å². The van der Waals surface area contributed by atoms with E-state index in [-0.39, 0.29) is 12.1 Å². The van der Waals surface area contributed by atoms with E-state index in [1.165, 1.54) is 31.3 Å². The molecule has 0 N–H and O–H groups in total. The summed E-state index contributed by atoms with van der Waals surface area (Å²) in [5.41, 5.74) is 3.04. The first kappa shape index (κ1) is 24.3. The molecule has 0 radical (unpaired) electrons. The molecule has 0 aliphatic heterocycles. The Morgan fingerprint density at radius 1 is 0.941 bits per heavy atom. The van der Waals surface area contributed by atoms with Crippen molar-refractivity contribution in [2.45, 2.75) is 59.6 Å². The first-order chi connectivity index (χ1) is 16.2. The fraction of sp³-hybridized carbons (Fsp3) is 0.367. The second-order valence-corrected chi connectivity index (χ2v) is 11.3. The quantitative estimate of drug-likeness (QED) is 0.279. The molecule has 1 heterocycles. The number of carbonyl (C=O) groups excluding carboxylic acids is 1. The van der Waals surface area contributed by atoms with Gasteiger partial charge in [0.15, 0.2) is 0 Å². The van der Waals surface area contributed by atoms with Crippen LogP contribution in [0.25, 0.3) is 31.3 Å². The molecule has 0 aliphatic rings. The third-order valence-electron chi connectivity index (χ3n) is 6.41. The number of fused-ring (bicyclic) bond motifs is 3. The Morgan fingerprint density at radius 3 is 2.29 bits per heavy atom. The predicted octanol–water partition coefficient (Wildman–Crippen LogP) is 9.07. The van der Waals surface area contributed by atoms with E-state index in [0.717, 1.165) is 12.0 Å². The van der Waals surface area contributed by atoms with Gasteiger partial charge in [-0.05, 0) is 56.4 Å². The summed E-state index contributed by atoms with van der Waals surface area (Å²) in [6.07, 6.45) is 0.767. The zero-order valence-electron chi connectivity index (χ0n) is 21.1. The van der Waals surface area contributed by atoms with Crippen LogP contribution in [-0.4, -0.2) is 23.1 Å². The van der Waals surface area contributed by atoms with Crippen molar-refractivity contribution in [1.82, 2.24) is 4.90 Å². The Morgan fingerprint density at radius 2 is 1.62 bits per heavy atom. The molecule has 0 spiro atoms. The van der Waals surface area contributed by atoms with Crippen LogP contribution in [0.4, 0.5) is 4.79 Å². The molecule has 1 amide bonds. The maximum atomic E-state index is 13.1. The van der Waals surface area contributed by atoms with Crippen LogP contribution in [0.15, 0.2) is 66.7 Å². The van der Waals surface area contributed by atoms with Gasteiger partial charge in [0.2, 0.25) is 0 Å². The van der Waals surface area contributed by atoms with Gasteiger partial charge in [0.25, 0.3) is 0 Å². The highest BCUT2D eigenvalue weighted by Gasteiger charge is 2.28. The van der Waals surface area contributed by atoms with E-state index in [1.807, 2.05) is 37.0 Å². The van der Waals surface area contributed by atoms with Crippen LogP contribution < -0.4 is 0 Å². The van der Waals surface area contributed by atoms with Crippen molar-refractivity contribution in [2.24, 2.45) is 5.92 Å². The summed E-state index contributed by atoms with van der Waals surface area (Å²) in [6.45, 7) is 12.9. The monoisotopic (exact) mass is 473 g/mol. The summed E-state index contributed by atoms with van der Waals surface area (Å²) >= 11 is 1.85. The number of rotatable bonds is 6. The van der Waals surface area contributed by atoms with Crippen molar-refractivity contribution in [2.75, 3.05) is 6.54 Å². The van der Waals surface area contributed by atoms with Crippen LogP contribution in [0.1, 0.15) is 59.6 Å². The van der Waals surface area contributed by atoms with Gasteiger partial charge in [-0.1, -0.05) is 80.9 Å². The first-order valence-corrected chi connectivity index (χ1v) is 13.0. The van der Waals surface area contributed by atoms with E-state index < -0.39 is 5.60 Å². The molecule has 1 aromatic heterocycles. The molecule has 4 aromatic rings. The fourth-order valence-electron chi connectivity index (χ4n) is 4.27. The lowest BCUT2D eigenvalue weighted by molar-refractivity contribution is 0.0141. The molecule has 0 fully saturated rings. The van der Waals surface area contributed by atoms with Gasteiger partial charge in [-0.15, -0.1) is 11.3 Å². The largest absolute Gasteiger partial charge is 0.444 e. The van der Waals surface area contributed by atoms with Gasteiger partial charge in [-0.3, -0.25) is 0 Å². The molecule has 3 aromatic carbocycles. The molecule has 4 heteroatoms. The number of thiophene rings is 1. The predicted molar refractivity (Wildman–Crippen MR) is 146 cm³/mol. The van der Waals surface area contributed by atoms with Gasteiger partial charge >= 0.3 is 6.09 Å². The average Bonchev–Trinajstić information content (AvgIpc) is 3.20. The lowest BCUT2D eigenvalue weighted by Crippen LogP contribution is -2.40. The molecular formula is C30H35NO2S. The van der Waals surface area contributed by atoms with E-state index >= 15 is 0 Å². The topological polar surface area (TPSA) is 29.5 Å². The maximum Gasteiger partial charge on any atom is 0.410 e. The van der Waals surface area contributed by atoms with Crippen molar-refractivity contribution in [3.8, 4) is 11.1 Å². The lowest BCUT2D eigenvalue weighted by atomic mass is 9.98. The van der Waals surface area contributed by atoms with E-state index in [9.17, 15) is 4.79 Å². The Bertz CT molecular complexity index is 1280. The van der Waals surface area contributed by atoms with Crippen LogP contribution in [0.5, 0.6) is 0 Å². The zero-order valence-corrected chi connectivity index (χ0v) is 21.9. The molecule has 4 rings (SSSR count). The zero-order chi connectivity index (χ0) is 24.5. The van der Waals surface area contributed by atoms with E-state index in [0.29, 0.717) is 12.5 Å². The lowest BCUT2D eigenvalue weighted by Gasteiger charge is -2.33. The Labute approximate surface area is 207 Å². The molecule has 0 unspecified atom stereocenters. The van der Waals surface area contributed by atoms with Gasteiger partial charge in [0.1, 0.15) is 5.60 Å². The molecule has 0 saturated heterocycles. The van der Waals surface area contributed by atoms with Crippen LogP contribution in [0, 0.1) is 5.92 Å². The fourth-order valence-corrected chi connectivity index (χ4v) is 5.51. The van der Waals surface area contributed by atoms with E-state index in [4.69, 9.17) is 4.74 Å². The minimum atomic E-state index is -0.517. The van der Waals surface area contributed by atoms with Crippen molar-refractivity contribution < 1.29 is 9.53 Å². The maximum absolute atomic E-state index is 13.1. The molecule has 34 heavy (non-hydrogen) atoms. The highest BCUT2D eigenvalue weighted by molar-refractivity contribution is 7.26. The standard InChI is InChI=1S/C30H35NO2S/c1-7-20(2)19-31(29(32)33-30(4,5)6)21(3)22-15-17-23(18-16-22)24-12-10-13-26-25-11-8-9-14-27(25)34-28(24)26/h8-18,20-21H,7,19H2,1-6H3/t20-,21+/m0/s1. The van der Waals surface area contributed by atoms with Crippen LogP contribution in [0.2, 0.25) is 0 Å². The highest BCUT2D eigenvalue weighted by Crippen LogP contribution is 2.40. The number of benzene rings is 3. The van der Waals surface area contributed by atoms with Gasteiger partial charge in [0, 0.05) is 26.7 Å². The summed E-state index contributed by atoms with van der Waals surface area (Å²) in [6, 6.07) is 23.7. The van der Waals surface area contributed by atoms with Crippen molar-refractivity contribution in [3.63, 3.8) is 0 Å². The van der Waals surface area contributed by atoms with Gasteiger partial charge in [-0.25, -0.2) is 4.79 Å². The van der Waals surface area contributed by atoms with Crippen molar-refractivity contribution in [3.05, 3.63) is 72.3 Å². The normalized spacial score (nSPS) is 13.7. The van der Waals surface area contributed by atoms with Gasteiger partial charge in [-0.2, -0.15) is 0 Å². The Hall–Kier alpha value is -2.85. The number of carbonyl (C=O) groups is 1. The van der Waals surface area contributed by atoms with E-state index in [2.05, 4.69) is 87.5 Å². The Balaban J connectivity index is 1.65. The molecule has 0 bridgehead atoms. The molecule has 178 valence electrons. The molecule has 3 nitrogen and oxygen atoms in total. The summed E-state index contributed by atoms with van der Waals surface area (Å²) in [7, 11) is 0. The molecule has 0 saturated carbocycles. The average molecular weight is 474 g/mol. The SMILES string of the molecule is CC[C@H](C)CN(C(=O)OC(C)(C)C)[C@H](C)c1ccc(-c2cccc3c2sc2ccccc23)cc1. The summed E-state index contributed by atoms with van der Waals surface area (Å²) in [5.74, 6) is 0.403. The van der Waals surface area contributed by atoms with Gasteiger partial charge in [0.05, 0.1) is 6.04 Å². The summed E-state index contributed by atoms with van der Waals surface area (Å²) in [4.78, 5) is 14.9. The van der Waals surface area contributed by atoms with Gasteiger partial charge < -0.3 is 9.64 Å². The third-order valence-corrected chi connectivity index (χ3v) is 7.63. The summed E-state index contributed by atoms with van der Waals surface area (Å²) in [5, 5.41) is 2.62. The second kappa shape index (κ2) is 9.79. The first-order valence-electron chi connectivity index (χ1n) is 12.2. The number of hydrogen-bond donors (Lipinski definition) is 0. The molecular weight excluding hydrogens is 438 g/mol. The minimum Gasteiger partial charge on any atom is -0.444 e. The minimum absolute atomic E-state index is 0.0713.